The van der Waals surface area contributed by atoms with Crippen molar-refractivity contribution < 1.29 is 9.59 Å². The maximum absolute atomic E-state index is 11.8. The van der Waals surface area contributed by atoms with Gasteiger partial charge >= 0.3 is 0 Å². The van der Waals surface area contributed by atoms with Crippen LogP contribution in [0.1, 0.15) is 46.5 Å². The molecule has 3 nitrogen and oxygen atoms in total. The average molecular weight is 209 g/mol. The first-order valence-electron chi connectivity index (χ1n) is 5.50. The number of carbonyl (C=O) groups is 2. The third-order valence-corrected chi connectivity index (χ3v) is 2.81. The van der Waals surface area contributed by atoms with Crippen molar-refractivity contribution >= 4 is 17.3 Å². The van der Waals surface area contributed by atoms with E-state index in [-0.39, 0.29) is 17.0 Å². The van der Waals surface area contributed by atoms with E-state index >= 15 is 0 Å². The summed E-state index contributed by atoms with van der Waals surface area (Å²) in [5.74, 6) is -0.851. The molecule has 1 N–H and O–H groups in total. The predicted octanol–water partition coefficient (Wildman–Crippen LogP) is 2.38. The Balaban J connectivity index is 2.80. The zero-order valence-corrected chi connectivity index (χ0v) is 9.72. The topological polar surface area (TPSA) is 58.0 Å². The zero-order chi connectivity index (χ0) is 11.6. The fourth-order valence-electron chi connectivity index (χ4n) is 2.21. The lowest BCUT2D eigenvalue weighted by molar-refractivity contribution is -0.132. The molecule has 84 valence electrons. The lowest BCUT2D eigenvalue weighted by atomic mass is 9.69. The Kier molecular flexibility index (Phi) is 3.42. The Morgan fingerprint density at radius 3 is 2.53 bits per heavy atom. The van der Waals surface area contributed by atoms with Crippen molar-refractivity contribution in [1.29, 1.82) is 5.41 Å². The molecule has 0 radical (unpaired) electrons. The lowest BCUT2D eigenvalue weighted by Gasteiger charge is -2.33. The van der Waals surface area contributed by atoms with E-state index in [1.807, 2.05) is 20.8 Å². The number of hydrogen-bond donors (Lipinski definition) is 1. The van der Waals surface area contributed by atoms with Crippen LogP contribution in [-0.2, 0) is 9.59 Å². The van der Waals surface area contributed by atoms with E-state index in [9.17, 15) is 9.59 Å². The lowest BCUT2D eigenvalue weighted by Crippen LogP contribution is -2.41. The summed E-state index contributed by atoms with van der Waals surface area (Å²) in [5.41, 5.74) is 0.173. The molecule has 3 heteroatoms. The Hall–Kier alpha value is -0.990. The quantitative estimate of drug-likeness (QED) is 0.725. The van der Waals surface area contributed by atoms with Gasteiger partial charge in [-0.05, 0) is 18.3 Å². The molecule has 1 aliphatic carbocycles. The summed E-state index contributed by atoms with van der Waals surface area (Å²) >= 11 is 0. The van der Waals surface area contributed by atoms with Gasteiger partial charge in [-0.25, -0.2) is 0 Å². The number of nitrogens with one attached hydrogen (secondary N) is 1. The fraction of sp³-hybridized carbons (Fsp3) is 0.750. The fourth-order valence-corrected chi connectivity index (χ4v) is 2.21. The summed E-state index contributed by atoms with van der Waals surface area (Å²) in [7, 11) is 0. The van der Waals surface area contributed by atoms with Gasteiger partial charge in [-0.2, -0.15) is 0 Å². The standard InChI is InChI=1S/C12H19NO2/c1-4-5-9(14)11-8(13)6-12(2,3)7-10(11)15/h11,13H,4-7H2,1-3H3/t11-/m0/s1. The molecule has 0 heterocycles. The third-order valence-electron chi connectivity index (χ3n) is 2.81. The molecule has 1 fully saturated rings. The minimum atomic E-state index is -0.724. The van der Waals surface area contributed by atoms with Crippen LogP contribution in [0.5, 0.6) is 0 Å². The predicted molar refractivity (Wildman–Crippen MR) is 59.2 cm³/mol. The van der Waals surface area contributed by atoms with Crippen molar-refractivity contribution in [2.75, 3.05) is 0 Å². The highest BCUT2D eigenvalue weighted by Gasteiger charge is 2.40. The summed E-state index contributed by atoms with van der Waals surface area (Å²) in [6, 6.07) is 0. The number of Topliss-reactive ketones (excluding diaryl/α,β-unsaturated/α-hetero) is 2. The van der Waals surface area contributed by atoms with Crippen LogP contribution >= 0.6 is 0 Å². The van der Waals surface area contributed by atoms with E-state index in [0.29, 0.717) is 25.0 Å². The monoisotopic (exact) mass is 209 g/mol. The highest BCUT2D eigenvalue weighted by Crippen LogP contribution is 2.34. The van der Waals surface area contributed by atoms with Crippen molar-refractivity contribution in [3.8, 4) is 0 Å². The van der Waals surface area contributed by atoms with Crippen LogP contribution in [0.4, 0.5) is 0 Å². The van der Waals surface area contributed by atoms with Crippen molar-refractivity contribution in [3.63, 3.8) is 0 Å². The Morgan fingerprint density at radius 2 is 2.07 bits per heavy atom. The molecule has 0 unspecified atom stereocenters. The van der Waals surface area contributed by atoms with Gasteiger partial charge in [-0.15, -0.1) is 0 Å². The second kappa shape index (κ2) is 4.25. The summed E-state index contributed by atoms with van der Waals surface area (Å²) in [6.07, 6.45) is 2.16. The molecular formula is C12H19NO2. The molecular weight excluding hydrogens is 190 g/mol. The van der Waals surface area contributed by atoms with Gasteiger partial charge in [0.25, 0.3) is 0 Å². The van der Waals surface area contributed by atoms with Crippen molar-refractivity contribution in [2.24, 2.45) is 11.3 Å². The van der Waals surface area contributed by atoms with E-state index in [1.54, 1.807) is 0 Å². The van der Waals surface area contributed by atoms with E-state index < -0.39 is 5.92 Å². The zero-order valence-electron chi connectivity index (χ0n) is 9.72. The largest absolute Gasteiger partial charge is 0.308 e. The molecule has 1 aliphatic rings. The molecule has 1 rings (SSSR count). The maximum atomic E-state index is 11.8. The van der Waals surface area contributed by atoms with Gasteiger partial charge in [0.1, 0.15) is 17.5 Å². The van der Waals surface area contributed by atoms with Crippen LogP contribution in [0.25, 0.3) is 0 Å². The van der Waals surface area contributed by atoms with Crippen LogP contribution in [0.2, 0.25) is 0 Å². The van der Waals surface area contributed by atoms with Crippen LogP contribution in [0, 0.1) is 16.7 Å². The smallest absolute Gasteiger partial charge is 0.149 e. The molecule has 0 amide bonds. The number of ketones is 2. The SMILES string of the molecule is CCCC(=O)[C@@H]1C(=N)CC(C)(C)CC1=O. The average Bonchev–Trinajstić information content (AvgIpc) is 1.99. The first-order valence-corrected chi connectivity index (χ1v) is 5.50. The number of hydrogen-bond acceptors (Lipinski definition) is 3. The highest BCUT2D eigenvalue weighted by molar-refractivity contribution is 6.21. The van der Waals surface area contributed by atoms with Gasteiger partial charge in [0.15, 0.2) is 0 Å². The minimum absolute atomic E-state index is 0.0605. The first-order chi connectivity index (χ1) is 6.87. The molecule has 0 aromatic heterocycles. The molecule has 1 atom stereocenters. The normalized spacial score (nSPS) is 25.4. The van der Waals surface area contributed by atoms with Crippen LogP contribution < -0.4 is 0 Å². The van der Waals surface area contributed by atoms with E-state index in [0.717, 1.165) is 6.42 Å². The number of rotatable bonds is 3. The molecule has 1 saturated carbocycles. The Bertz CT molecular complexity index is 285. The summed E-state index contributed by atoms with van der Waals surface area (Å²) < 4.78 is 0. The van der Waals surface area contributed by atoms with Crippen LogP contribution in [0.3, 0.4) is 0 Å². The van der Waals surface area contributed by atoms with Gasteiger partial charge in [0.05, 0.1) is 0 Å². The van der Waals surface area contributed by atoms with E-state index in [1.165, 1.54) is 0 Å². The summed E-state index contributed by atoms with van der Waals surface area (Å²) in [6.45, 7) is 5.86. The van der Waals surface area contributed by atoms with Crippen molar-refractivity contribution in [3.05, 3.63) is 0 Å². The van der Waals surface area contributed by atoms with Crippen molar-refractivity contribution in [2.45, 2.75) is 46.5 Å². The van der Waals surface area contributed by atoms with Gasteiger partial charge in [-0.1, -0.05) is 20.8 Å². The second-order valence-corrected chi connectivity index (χ2v) is 5.16. The van der Waals surface area contributed by atoms with Gasteiger partial charge in [0, 0.05) is 18.6 Å². The molecule has 0 aliphatic heterocycles. The Labute approximate surface area is 90.8 Å². The molecule has 0 aromatic rings. The molecule has 15 heavy (non-hydrogen) atoms. The van der Waals surface area contributed by atoms with Gasteiger partial charge < -0.3 is 5.41 Å². The first kappa shape index (κ1) is 12.1. The minimum Gasteiger partial charge on any atom is -0.308 e. The van der Waals surface area contributed by atoms with Crippen LogP contribution in [-0.4, -0.2) is 17.3 Å². The van der Waals surface area contributed by atoms with Gasteiger partial charge in [-0.3, -0.25) is 9.59 Å². The molecule has 0 saturated heterocycles. The third kappa shape index (κ3) is 2.74. The van der Waals surface area contributed by atoms with Crippen molar-refractivity contribution in [1.82, 2.24) is 0 Å². The molecule has 0 bridgehead atoms. The van der Waals surface area contributed by atoms with Crippen LogP contribution in [0.15, 0.2) is 0 Å². The maximum Gasteiger partial charge on any atom is 0.149 e. The molecule has 0 spiro atoms. The number of carbonyl (C=O) groups excluding carboxylic acids is 2. The molecule has 0 aromatic carbocycles. The summed E-state index contributed by atoms with van der Waals surface area (Å²) in [4.78, 5) is 23.4. The Morgan fingerprint density at radius 1 is 1.47 bits per heavy atom. The summed E-state index contributed by atoms with van der Waals surface area (Å²) in [5, 5.41) is 7.80. The second-order valence-electron chi connectivity index (χ2n) is 5.16. The van der Waals surface area contributed by atoms with E-state index in [2.05, 4.69) is 0 Å². The van der Waals surface area contributed by atoms with Gasteiger partial charge in [0.2, 0.25) is 0 Å². The van der Waals surface area contributed by atoms with E-state index in [4.69, 9.17) is 5.41 Å². The highest BCUT2D eigenvalue weighted by atomic mass is 16.2.